The van der Waals surface area contributed by atoms with Gasteiger partial charge in [0, 0.05) is 12.6 Å². The van der Waals surface area contributed by atoms with E-state index in [0.717, 1.165) is 13.0 Å². The topological polar surface area (TPSA) is 58.2 Å². The molecule has 0 bridgehead atoms. The molecule has 112 valence electrons. The van der Waals surface area contributed by atoms with Crippen LogP contribution in [0.2, 0.25) is 0 Å². The maximum Gasteiger partial charge on any atom is 0.208 e. The van der Waals surface area contributed by atoms with Crippen molar-refractivity contribution in [1.82, 2.24) is 10.0 Å². The van der Waals surface area contributed by atoms with Gasteiger partial charge < -0.3 is 5.32 Å². The van der Waals surface area contributed by atoms with Crippen LogP contribution >= 0.6 is 0 Å². The molecule has 0 fully saturated rings. The minimum Gasteiger partial charge on any atom is -0.310 e. The summed E-state index contributed by atoms with van der Waals surface area (Å²) in [6.45, 7) is 3.45. The van der Waals surface area contributed by atoms with Crippen LogP contribution in [-0.4, -0.2) is 27.8 Å². The fraction of sp³-hybridized carbons (Fsp3) is 0.600. The molecule has 1 atom stereocenters. The number of hydrogen-bond acceptors (Lipinski definition) is 3. The van der Waals surface area contributed by atoms with Crippen molar-refractivity contribution in [2.75, 3.05) is 19.3 Å². The first kappa shape index (κ1) is 15.5. The van der Waals surface area contributed by atoms with Gasteiger partial charge in [0.2, 0.25) is 10.0 Å². The predicted molar refractivity (Wildman–Crippen MR) is 82.3 cm³/mol. The summed E-state index contributed by atoms with van der Waals surface area (Å²) in [6.07, 6.45) is 5.68. The van der Waals surface area contributed by atoms with Crippen LogP contribution in [0.25, 0.3) is 0 Å². The number of fused-ring (bicyclic) bond motifs is 1. The third kappa shape index (κ3) is 4.58. The molecule has 0 radical (unpaired) electrons. The van der Waals surface area contributed by atoms with Gasteiger partial charge in [0.15, 0.2) is 0 Å². The van der Waals surface area contributed by atoms with Gasteiger partial charge in [-0.3, -0.25) is 0 Å². The molecule has 4 nitrogen and oxygen atoms in total. The van der Waals surface area contributed by atoms with E-state index in [1.807, 2.05) is 0 Å². The molecule has 1 unspecified atom stereocenters. The molecular weight excluding hydrogens is 272 g/mol. The Kier molecular flexibility index (Phi) is 5.18. The molecule has 0 aromatic heterocycles. The molecule has 0 heterocycles. The van der Waals surface area contributed by atoms with E-state index in [9.17, 15) is 8.42 Å². The number of sulfonamides is 1. The zero-order valence-electron chi connectivity index (χ0n) is 12.3. The van der Waals surface area contributed by atoms with E-state index in [0.29, 0.717) is 12.6 Å². The van der Waals surface area contributed by atoms with Gasteiger partial charge in [0.1, 0.15) is 0 Å². The molecule has 1 aliphatic rings. The van der Waals surface area contributed by atoms with Crippen molar-refractivity contribution in [1.29, 1.82) is 0 Å². The minimum absolute atomic E-state index is 0.305. The molecule has 1 aromatic rings. The van der Waals surface area contributed by atoms with Gasteiger partial charge in [-0.05, 0) is 55.8 Å². The van der Waals surface area contributed by atoms with Gasteiger partial charge in [-0.2, -0.15) is 0 Å². The van der Waals surface area contributed by atoms with E-state index >= 15 is 0 Å². The fourth-order valence-electron chi connectivity index (χ4n) is 2.64. The minimum atomic E-state index is -3.06. The third-order valence-corrected chi connectivity index (χ3v) is 4.52. The smallest absolute Gasteiger partial charge is 0.208 e. The quantitative estimate of drug-likeness (QED) is 0.754. The van der Waals surface area contributed by atoms with Crippen molar-refractivity contribution in [3.63, 3.8) is 0 Å². The standard InChI is InChI=1S/C15H24N2O2S/c1-12(16-9-4-10-17-20(2,18)19)14-8-7-13-5-3-6-15(13)11-14/h7-8,11-12,16-17H,3-6,9-10H2,1-2H3. The summed E-state index contributed by atoms with van der Waals surface area (Å²) in [7, 11) is -3.06. The van der Waals surface area contributed by atoms with Crippen molar-refractivity contribution < 1.29 is 8.42 Å². The SMILES string of the molecule is CC(NCCCNS(C)(=O)=O)c1ccc2c(c1)CCC2. The summed E-state index contributed by atoms with van der Waals surface area (Å²) in [5.74, 6) is 0. The Hall–Kier alpha value is -0.910. The van der Waals surface area contributed by atoms with Crippen molar-refractivity contribution in [3.05, 3.63) is 34.9 Å². The number of aryl methyl sites for hydroxylation is 2. The first-order valence-electron chi connectivity index (χ1n) is 7.25. The lowest BCUT2D eigenvalue weighted by molar-refractivity contribution is 0.548. The van der Waals surface area contributed by atoms with Crippen molar-refractivity contribution in [3.8, 4) is 0 Å². The highest BCUT2D eigenvalue weighted by Crippen LogP contribution is 2.25. The maximum absolute atomic E-state index is 10.9. The summed E-state index contributed by atoms with van der Waals surface area (Å²) in [5.41, 5.74) is 4.31. The van der Waals surface area contributed by atoms with Gasteiger partial charge in [-0.25, -0.2) is 13.1 Å². The van der Waals surface area contributed by atoms with Crippen molar-refractivity contribution >= 4 is 10.0 Å². The van der Waals surface area contributed by atoms with E-state index in [2.05, 4.69) is 35.2 Å². The predicted octanol–water partition coefficient (Wildman–Crippen LogP) is 1.77. The third-order valence-electron chi connectivity index (χ3n) is 3.79. The van der Waals surface area contributed by atoms with Gasteiger partial charge in [0.05, 0.1) is 6.26 Å². The van der Waals surface area contributed by atoms with E-state index in [1.165, 1.54) is 42.2 Å². The highest BCUT2D eigenvalue weighted by Gasteiger charge is 2.13. The molecule has 0 spiro atoms. The first-order valence-corrected chi connectivity index (χ1v) is 9.14. The van der Waals surface area contributed by atoms with Crippen molar-refractivity contribution in [2.45, 2.75) is 38.6 Å². The maximum atomic E-state index is 10.9. The number of benzene rings is 1. The van der Waals surface area contributed by atoms with Crippen LogP contribution in [0.3, 0.4) is 0 Å². The van der Waals surface area contributed by atoms with Crippen LogP contribution in [0.15, 0.2) is 18.2 Å². The normalized spacial score (nSPS) is 16.1. The fourth-order valence-corrected chi connectivity index (χ4v) is 3.16. The molecule has 1 aliphatic carbocycles. The Balaban J connectivity index is 1.76. The average molecular weight is 296 g/mol. The molecule has 0 saturated carbocycles. The van der Waals surface area contributed by atoms with Gasteiger partial charge in [0.25, 0.3) is 0 Å². The van der Waals surface area contributed by atoms with E-state index in [-0.39, 0.29) is 0 Å². The molecule has 1 aromatic carbocycles. The largest absolute Gasteiger partial charge is 0.310 e. The Bertz CT molecular complexity index is 555. The van der Waals surface area contributed by atoms with Crippen molar-refractivity contribution in [2.24, 2.45) is 0 Å². The van der Waals surface area contributed by atoms with E-state index in [1.54, 1.807) is 0 Å². The van der Waals surface area contributed by atoms with Crippen LogP contribution in [0.4, 0.5) is 0 Å². The van der Waals surface area contributed by atoms with Crippen LogP contribution in [-0.2, 0) is 22.9 Å². The van der Waals surface area contributed by atoms with Crippen LogP contribution in [0, 0.1) is 0 Å². The molecule has 0 aliphatic heterocycles. The molecule has 5 heteroatoms. The molecule has 2 N–H and O–H groups in total. The summed E-state index contributed by atoms with van der Waals surface area (Å²) < 4.78 is 24.4. The monoisotopic (exact) mass is 296 g/mol. The molecule has 0 amide bonds. The van der Waals surface area contributed by atoms with Crippen LogP contribution in [0.5, 0.6) is 0 Å². The molecule has 2 rings (SSSR count). The zero-order chi connectivity index (χ0) is 14.6. The highest BCUT2D eigenvalue weighted by atomic mass is 32.2. The number of hydrogen-bond donors (Lipinski definition) is 2. The van der Waals surface area contributed by atoms with E-state index < -0.39 is 10.0 Å². The summed E-state index contributed by atoms with van der Waals surface area (Å²) in [6, 6.07) is 7.07. The molecule has 0 saturated heterocycles. The Labute approximate surface area is 122 Å². The zero-order valence-corrected chi connectivity index (χ0v) is 13.1. The highest BCUT2D eigenvalue weighted by molar-refractivity contribution is 7.88. The van der Waals surface area contributed by atoms with Crippen LogP contribution in [0.1, 0.15) is 42.5 Å². The second-order valence-corrected chi connectivity index (χ2v) is 7.41. The lowest BCUT2D eigenvalue weighted by Crippen LogP contribution is -2.27. The number of nitrogens with one attached hydrogen (secondary N) is 2. The Morgan fingerprint density at radius 1 is 1.20 bits per heavy atom. The lowest BCUT2D eigenvalue weighted by atomic mass is 10.0. The molecule has 20 heavy (non-hydrogen) atoms. The summed E-state index contributed by atoms with van der Waals surface area (Å²) >= 11 is 0. The van der Waals surface area contributed by atoms with Crippen LogP contribution < -0.4 is 10.0 Å². The first-order chi connectivity index (χ1) is 9.46. The van der Waals surface area contributed by atoms with E-state index in [4.69, 9.17) is 0 Å². The Morgan fingerprint density at radius 3 is 2.70 bits per heavy atom. The lowest BCUT2D eigenvalue weighted by Gasteiger charge is -2.15. The summed E-state index contributed by atoms with van der Waals surface area (Å²) in [4.78, 5) is 0. The second-order valence-electron chi connectivity index (χ2n) is 5.58. The Morgan fingerprint density at radius 2 is 1.95 bits per heavy atom. The number of rotatable bonds is 7. The van der Waals surface area contributed by atoms with Gasteiger partial charge in [-0.15, -0.1) is 0 Å². The summed E-state index contributed by atoms with van der Waals surface area (Å²) in [5, 5.41) is 3.44. The van der Waals surface area contributed by atoms with Gasteiger partial charge >= 0.3 is 0 Å². The molecular formula is C15H24N2O2S. The second kappa shape index (κ2) is 6.70. The average Bonchev–Trinajstić information content (AvgIpc) is 2.83. The van der Waals surface area contributed by atoms with Gasteiger partial charge in [-0.1, -0.05) is 18.2 Å².